The Morgan fingerprint density at radius 2 is 1.50 bits per heavy atom. The van der Waals surface area contributed by atoms with Gasteiger partial charge in [-0.2, -0.15) is 0 Å². The van der Waals surface area contributed by atoms with Crippen molar-refractivity contribution in [2.75, 3.05) is 0 Å². The van der Waals surface area contributed by atoms with Gasteiger partial charge in [-0.25, -0.2) is 0 Å². The zero-order valence-electron chi connectivity index (χ0n) is 17.6. The van der Waals surface area contributed by atoms with E-state index in [0.29, 0.717) is 0 Å². The van der Waals surface area contributed by atoms with E-state index in [-0.39, 0.29) is 0 Å². The quantitative estimate of drug-likeness (QED) is 0.364. The zero-order valence-corrected chi connectivity index (χ0v) is 18.6. The average molecular weight is 369 g/mol. The Labute approximate surface area is 163 Å². The van der Waals surface area contributed by atoms with Crippen LogP contribution in [0, 0.1) is 0 Å². The highest BCUT2D eigenvalue weighted by Gasteiger charge is 2.44. The molecule has 3 rings (SSSR count). The van der Waals surface area contributed by atoms with E-state index in [0.717, 1.165) is 5.54 Å². The smallest absolute Gasteiger partial charge is 0.0609 e. The maximum absolute atomic E-state index is 2.41. The van der Waals surface area contributed by atoms with E-state index < -0.39 is 8.07 Å². The largest absolute Gasteiger partial charge is 0.0654 e. The van der Waals surface area contributed by atoms with E-state index in [4.69, 9.17) is 0 Å². The molecule has 0 heterocycles. The van der Waals surface area contributed by atoms with Crippen LogP contribution in [-0.2, 0) is 6.42 Å². The molecule has 0 fully saturated rings. The third kappa shape index (κ3) is 4.03. The lowest BCUT2D eigenvalue weighted by molar-refractivity contribution is 0.660. The van der Waals surface area contributed by atoms with Gasteiger partial charge in [0.05, 0.1) is 8.07 Å². The number of rotatable bonds is 10. The molecule has 1 heteroatoms. The predicted molar refractivity (Wildman–Crippen MR) is 120 cm³/mol. The first-order valence-electron chi connectivity index (χ1n) is 11.6. The number of benzene rings is 1. The van der Waals surface area contributed by atoms with Crippen LogP contribution in [-0.4, -0.2) is 8.07 Å². The van der Waals surface area contributed by atoms with Crippen LogP contribution in [0.1, 0.15) is 89.7 Å². The third-order valence-electron chi connectivity index (χ3n) is 7.28. The number of allylic oxidation sites excluding steroid dienone is 2. The summed E-state index contributed by atoms with van der Waals surface area (Å²) in [5.41, 5.74) is 7.96. The Kier molecular flexibility index (Phi) is 7.20. The number of hydrogen-bond acceptors (Lipinski definition) is 0. The second-order valence-corrected chi connectivity index (χ2v) is 13.9. The van der Waals surface area contributed by atoms with Crippen molar-refractivity contribution < 1.29 is 0 Å². The van der Waals surface area contributed by atoms with Gasteiger partial charge in [0.1, 0.15) is 0 Å². The van der Waals surface area contributed by atoms with Crippen molar-refractivity contribution in [3.05, 3.63) is 41.0 Å². The van der Waals surface area contributed by atoms with Crippen LogP contribution in [0.15, 0.2) is 29.8 Å². The Morgan fingerprint density at radius 3 is 2.12 bits per heavy atom. The van der Waals surface area contributed by atoms with Crippen molar-refractivity contribution in [1.82, 2.24) is 0 Å². The Morgan fingerprint density at radius 1 is 0.885 bits per heavy atom. The summed E-state index contributed by atoms with van der Waals surface area (Å²) in [6.45, 7) is 7.20. The van der Waals surface area contributed by atoms with Gasteiger partial charge in [0.15, 0.2) is 0 Å². The molecule has 0 aliphatic heterocycles. The van der Waals surface area contributed by atoms with Crippen LogP contribution in [0.3, 0.4) is 0 Å². The van der Waals surface area contributed by atoms with Crippen molar-refractivity contribution in [1.29, 1.82) is 0 Å². The first kappa shape index (κ1) is 19.9. The Balaban J connectivity index is 1.95. The van der Waals surface area contributed by atoms with E-state index in [1.54, 1.807) is 34.8 Å². The minimum Gasteiger partial charge on any atom is -0.0654 e. The van der Waals surface area contributed by atoms with E-state index in [1.807, 2.05) is 5.57 Å². The van der Waals surface area contributed by atoms with Gasteiger partial charge in [0.25, 0.3) is 0 Å². The highest BCUT2D eigenvalue weighted by Crippen LogP contribution is 2.54. The molecular weight excluding hydrogens is 328 g/mol. The highest BCUT2D eigenvalue weighted by molar-refractivity contribution is 6.82. The summed E-state index contributed by atoms with van der Waals surface area (Å²) in [5.74, 6) is 0. The molecule has 0 aromatic heterocycles. The summed E-state index contributed by atoms with van der Waals surface area (Å²) < 4.78 is 0. The summed E-state index contributed by atoms with van der Waals surface area (Å²) in [6, 6.07) is 14.1. The molecule has 0 bridgehead atoms. The van der Waals surface area contributed by atoms with Gasteiger partial charge in [-0.3, -0.25) is 0 Å². The van der Waals surface area contributed by atoms with E-state index in [2.05, 4.69) is 45.0 Å². The van der Waals surface area contributed by atoms with Crippen molar-refractivity contribution in [2.45, 2.75) is 109 Å². The molecule has 0 nitrogen and oxygen atoms in total. The maximum atomic E-state index is 2.41. The van der Waals surface area contributed by atoms with Crippen LogP contribution in [0.25, 0.3) is 5.57 Å². The summed E-state index contributed by atoms with van der Waals surface area (Å²) in [4.78, 5) is 0. The molecule has 0 spiro atoms. The van der Waals surface area contributed by atoms with Crippen molar-refractivity contribution in [3.63, 3.8) is 0 Å². The molecule has 0 N–H and O–H groups in total. The topological polar surface area (TPSA) is 0 Å². The number of unbranched alkanes of at least 4 members (excludes halogenated alkanes) is 3. The summed E-state index contributed by atoms with van der Waals surface area (Å²) in [5, 5.41) is 0. The van der Waals surface area contributed by atoms with E-state index >= 15 is 0 Å². The summed E-state index contributed by atoms with van der Waals surface area (Å²) >= 11 is 0. The molecule has 2 aliphatic carbocycles. The van der Waals surface area contributed by atoms with Gasteiger partial charge < -0.3 is 0 Å². The zero-order chi connectivity index (χ0) is 18.4. The van der Waals surface area contributed by atoms with Gasteiger partial charge in [0.2, 0.25) is 0 Å². The van der Waals surface area contributed by atoms with Gasteiger partial charge in [-0.15, -0.1) is 0 Å². The monoisotopic (exact) mass is 368 g/mol. The fourth-order valence-corrected chi connectivity index (χ4v) is 12.7. The van der Waals surface area contributed by atoms with E-state index in [9.17, 15) is 0 Å². The van der Waals surface area contributed by atoms with Gasteiger partial charge in [-0.05, 0) is 47.9 Å². The molecule has 0 saturated heterocycles. The second-order valence-electron chi connectivity index (χ2n) is 8.96. The summed E-state index contributed by atoms with van der Waals surface area (Å²) in [7, 11) is -1.24. The standard InChI is InChI=1S/C25H40Si/c1-4-7-17-26(18-8-5-2,19-9-6-3)25-16-12-15-23-22-14-11-10-13-21(22)20-24(23)25/h10-11,13-14,25H,4-9,12,15-20H2,1-3H3. The van der Waals surface area contributed by atoms with Gasteiger partial charge in [-0.1, -0.05) is 107 Å². The van der Waals surface area contributed by atoms with Crippen molar-refractivity contribution in [3.8, 4) is 0 Å². The third-order valence-corrected chi connectivity index (χ3v) is 13.4. The molecule has 26 heavy (non-hydrogen) atoms. The highest BCUT2D eigenvalue weighted by atomic mass is 28.3. The lowest BCUT2D eigenvalue weighted by Gasteiger charge is -2.43. The molecule has 2 aliphatic rings. The molecule has 1 atom stereocenters. The Bertz CT molecular complexity index is 591. The first-order valence-corrected chi connectivity index (χ1v) is 14.3. The lowest BCUT2D eigenvalue weighted by atomic mass is 9.91. The van der Waals surface area contributed by atoms with Crippen LogP contribution >= 0.6 is 0 Å². The second kappa shape index (κ2) is 9.40. The lowest BCUT2D eigenvalue weighted by Crippen LogP contribution is -2.41. The molecule has 144 valence electrons. The first-order chi connectivity index (χ1) is 12.8. The molecule has 0 radical (unpaired) electrons. The fourth-order valence-electron chi connectivity index (χ4n) is 5.90. The van der Waals surface area contributed by atoms with E-state index in [1.165, 1.54) is 64.2 Å². The minimum atomic E-state index is -1.24. The number of fused-ring (bicyclic) bond motifs is 2. The molecule has 0 amide bonds. The molecule has 1 aromatic rings. The Hall–Kier alpha value is -0.823. The maximum Gasteiger partial charge on any atom is 0.0609 e. The molecule has 1 unspecified atom stereocenters. The molecular formula is C25H40Si. The van der Waals surface area contributed by atoms with Crippen molar-refractivity contribution in [2.24, 2.45) is 0 Å². The van der Waals surface area contributed by atoms with Crippen LogP contribution in [0.2, 0.25) is 23.7 Å². The van der Waals surface area contributed by atoms with Crippen molar-refractivity contribution >= 4 is 13.6 Å². The predicted octanol–water partition coefficient (Wildman–Crippen LogP) is 8.40. The SMILES string of the molecule is CCCC[Si](CCCC)(CCCC)C1CCCC2=C1Cc1ccccc12. The van der Waals surface area contributed by atoms with Crippen LogP contribution in [0.5, 0.6) is 0 Å². The van der Waals surface area contributed by atoms with Crippen LogP contribution in [0.4, 0.5) is 0 Å². The molecule has 0 saturated carbocycles. The van der Waals surface area contributed by atoms with Crippen LogP contribution < -0.4 is 0 Å². The minimum absolute atomic E-state index is 0.989. The molecule has 1 aromatic carbocycles. The summed E-state index contributed by atoms with van der Waals surface area (Å²) in [6.07, 6.45) is 14.2. The fraction of sp³-hybridized carbons (Fsp3) is 0.680. The van der Waals surface area contributed by atoms with Gasteiger partial charge in [0, 0.05) is 0 Å². The average Bonchev–Trinajstić information content (AvgIpc) is 3.06. The van der Waals surface area contributed by atoms with Gasteiger partial charge >= 0.3 is 0 Å². The number of hydrogen-bond donors (Lipinski definition) is 0. The normalized spacial score (nSPS) is 19.6.